The Labute approximate surface area is 187 Å². The van der Waals surface area contributed by atoms with Gasteiger partial charge in [-0.1, -0.05) is 42.0 Å². The lowest BCUT2D eigenvalue weighted by Gasteiger charge is -2.28. The maximum atomic E-state index is 12.8. The summed E-state index contributed by atoms with van der Waals surface area (Å²) in [6, 6.07) is 15.4. The van der Waals surface area contributed by atoms with E-state index >= 15 is 0 Å². The number of nitriles is 1. The predicted octanol–water partition coefficient (Wildman–Crippen LogP) is 4.23. The quantitative estimate of drug-likeness (QED) is 0.651. The molecule has 0 fully saturated rings. The molecule has 7 nitrogen and oxygen atoms in total. The van der Waals surface area contributed by atoms with Crippen molar-refractivity contribution in [1.29, 1.82) is 5.26 Å². The van der Waals surface area contributed by atoms with Crippen molar-refractivity contribution in [3.05, 3.63) is 81.9 Å². The summed E-state index contributed by atoms with van der Waals surface area (Å²) < 4.78 is 22.5. The van der Waals surface area contributed by atoms with Gasteiger partial charge in [0.1, 0.15) is 24.0 Å². The summed E-state index contributed by atoms with van der Waals surface area (Å²) >= 11 is 0. The van der Waals surface area contributed by atoms with Gasteiger partial charge in [0.05, 0.1) is 25.2 Å². The molecule has 1 unspecified atom stereocenters. The summed E-state index contributed by atoms with van der Waals surface area (Å²) in [5, 5.41) is 9.85. The SMILES string of the molecule is CCOC(=O)C1=C(C)OC(N)=C(C#N)C1c1cccc(OC)c1OCc1ccc(C)cc1. The van der Waals surface area contributed by atoms with E-state index < -0.39 is 11.9 Å². The van der Waals surface area contributed by atoms with Crippen molar-refractivity contribution >= 4 is 5.97 Å². The molecule has 0 saturated carbocycles. The molecule has 0 bridgehead atoms. The Morgan fingerprint density at radius 1 is 1.19 bits per heavy atom. The highest BCUT2D eigenvalue weighted by atomic mass is 16.5. The van der Waals surface area contributed by atoms with Crippen LogP contribution in [0.3, 0.4) is 0 Å². The van der Waals surface area contributed by atoms with Gasteiger partial charge < -0.3 is 24.7 Å². The van der Waals surface area contributed by atoms with Gasteiger partial charge in [-0.15, -0.1) is 0 Å². The second-order valence-electron chi connectivity index (χ2n) is 7.27. The van der Waals surface area contributed by atoms with Gasteiger partial charge in [-0.25, -0.2) is 4.79 Å². The zero-order valence-electron chi connectivity index (χ0n) is 18.6. The molecular formula is C25H26N2O5. The van der Waals surface area contributed by atoms with Crippen molar-refractivity contribution in [2.24, 2.45) is 5.73 Å². The van der Waals surface area contributed by atoms with Crippen LogP contribution in [0.4, 0.5) is 0 Å². The zero-order valence-corrected chi connectivity index (χ0v) is 18.6. The van der Waals surface area contributed by atoms with Crippen molar-refractivity contribution in [1.82, 2.24) is 0 Å². The monoisotopic (exact) mass is 434 g/mol. The molecule has 166 valence electrons. The van der Waals surface area contributed by atoms with Gasteiger partial charge >= 0.3 is 5.97 Å². The fourth-order valence-electron chi connectivity index (χ4n) is 3.58. The summed E-state index contributed by atoms with van der Waals surface area (Å²) in [6.45, 7) is 5.80. The number of hydrogen-bond donors (Lipinski definition) is 1. The molecule has 2 N–H and O–H groups in total. The Bertz CT molecular complexity index is 1110. The van der Waals surface area contributed by atoms with Crippen LogP contribution in [0.25, 0.3) is 0 Å². The minimum absolute atomic E-state index is 0.0599. The largest absolute Gasteiger partial charge is 0.493 e. The first-order valence-corrected chi connectivity index (χ1v) is 10.2. The molecule has 0 aliphatic carbocycles. The number of esters is 1. The number of ether oxygens (including phenoxy) is 4. The topological polar surface area (TPSA) is 104 Å². The van der Waals surface area contributed by atoms with E-state index in [0.717, 1.165) is 11.1 Å². The molecule has 2 aromatic rings. The molecule has 0 spiro atoms. The molecule has 32 heavy (non-hydrogen) atoms. The maximum Gasteiger partial charge on any atom is 0.338 e. The average molecular weight is 434 g/mol. The summed E-state index contributed by atoms with van der Waals surface area (Å²) in [5.41, 5.74) is 8.99. The van der Waals surface area contributed by atoms with Crippen molar-refractivity contribution in [3.8, 4) is 17.6 Å². The summed E-state index contributed by atoms with van der Waals surface area (Å²) in [4.78, 5) is 12.8. The van der Waals surface area contributed by atoms with Crippen LogP contribution in [-0.2, 0) is 20.9 Å². The van der Waals surface area contributed by atoms with Gasteiger partial charge in [-0.2, -0.15) is 5.26 Å². The molecule has 1 aliphatic rings. The minimum Gasteiger partial charge on any atom is -0.493 e. The number of hydrogen-bond acceptors (Lipinski definition) is 7. The Morgan fingerprint density at radius 2 is 1.91 bits per heavy atom. The lowest BCUT2D eigenvalue weighted by atomic mass is 9.82. The molecule has 1 heterocycles. The number of carbonyl (C=O) groups is 1. The molecule has 0 radical (unpaired) electrons. The van der Waals surface area contributed by atoms with E-state index in [1.165, 1.54) is 7.11 Å². The molecule has 1 aliphatic heterocycles. The Hall–Kier alpha value is -3.92. The van der Waals surface area contributed by atoms with Crippen molar-refractivity contribution in [2.75, 3.05) is 13.7 Å². The van der Waals surface area contributed by atoms with Crippen LogP contribution >= 0.6 is 0 Å². The molecule has 0 aromatic heterocycles. The number of allylic oxidation sites excluding steroid dienone is 2. The second-order valence-corrected chi connectivity index (χ2v) is 7.27. The van der Waals surface area contributed by atoms with Gasteiger partial charge in [0.15, 0.2) is 11.5 Å². The van der Waals surface area contributed by atoms with E-state index in [-0.39, 0.29) is 36.0 Å². The smallest absolute Gasteiger partial charge is 0.338 e. The normalized spacial score (nSPS) is 15.7. The van der Waals surface area contributed by atoms with Crippen LogP contribution in [-0.4, -0.2) is 19.7 Å². The van der Waals surface area contributed by atoms with E-state index in [4.69, 9.17) is 24.7 Å². The van der Waals surface area contributed by atoms with E-state index in [0.29, 0.717) is 17.1 Å². The molecular weight excluding hydrogens is 408 g/mol. The number of carbonyl (C=O) groups excluding carboxylic acids is 1. The number of methoxy groups -OCH3 is 1. The Balaban J connectivity index is 2.12. The Morgan fingerprint density at radius 3 is 2.53 bits per heavy atom. The highest BCUT2D eigenvalue weighted by Crippen LogP contribution is 2.46. The van der Waals surface area contributed by atoms with Gasteiger partial charge in [-0.05, 0) is 32.4 Å². The third kappa shape index (κ3) is 4.54. The van der Waals surface area contributed by atoms with E-state index in [1.54, 1.807) is 32.0 Å². The highest BCUT2D eigenvalue weighted by Gasteiger charge is 2.38. The summed E-state index contributed by atoms with van der Waals surface area (Å²) in [7, 11) is 1.53. The highest BCUT2D eigenvalue weighted by molar-refractivity contribution is 5.93. The zero-order chi connectivity index (χ0) is 23.3. The molecule has 1 atom stereocenters. The predicted molar refractivity (Wildman–Crippen MR) is 118 cm³/mol. The van der Waals surface area contributed by atoms with Gasteiger partial charge in [0, 0.05) is 5.56 Å². The van der Waals surface area contributed by atoms with Gasteiger partial charge in [0.2, 0.25) is 5.88 Å². The van der Waals surface area contributed by atoms with Gasteiger partial charge in [-0.3, -0.25) is 0 Å². The van der Waals surface area contributed by atoms with Crippen molar-refractivity contribution < 1.29 is 23.7 Å². The number of nitrogens with two attached hydrogens (primary N) is 1. The molecule has 7 heteroatoms. The van der Waals surface area contributed by atoms with E-state index in [1.807, 2.05) is 31.2 Å². The number of aryl methyl sites for hydroxylation is 1. The Kier molecular flexibility index (Phi) is 7.06. The lowest BCUT2D eigenvalue weighted by Crippen LogP contribution is -2.26. The maximum absolute atomic E-state index is 12.8. The van der Waals surface area contributed by atoms with Crippen LogP contribution in [0.5, 0.6) is 11.5 Å². The van der Waals surface area contributed by atoms with Crippen LogP contribution in [0, 0.1) is 18.3 Å². The van der Waals surface area contributed by atoms with Crippen LogP contribution in [0.2, 0.25) is 0 Å². The van der Waals surface area contributed by atoms with E-state index in [2.05, 4.69) is 6.07 Å². The van der Waals surface area contributed by atoms with Crippen LogP contribution < -0.4 is 15.2 Å². The van der Waals surface area contributed by atoms with Crippen molar-refractivity contribution in [2.45, 2.75) is 33.3 Å². The number of benzene rings is 2. The summed E-state index contributed by atoms with van der Waals surface area (Å²) in [6.07, 6.45) is 0. The fourth-order valence-corrected chi connectivity index (χ4v) is 3.58. The fraction of sp³-hybridized carbons (Fsp3) is 0.280. The molecule has 0 saturated heterocycles. The number of para-hydroxylation sites is 1. The van der Waals surface area contributed by atoms with E-state index in [9.17, 15) is 10.1 Å². The first-order valence-electron chi connectivity index (χ1n) is 10.2. The van der Waals surface area contributed by atoms with Crippen LogP contribution in [0.15, 0.2) is 65.3 Å². The van der Waals surface area contributed by atoms with Crippen LogP contribution in [0.1, 0.15) is 36.5 Å². The third-order valence-corrected chi connectivity index (χ3v) is 5.15. The standard InChI is InChI=1S/C25H26N2O5/c1-5-30-25(28)21-16(3)32-24(27)19(13-26)22(21)18-7-6-8-20(29-4)23(18)31-14-17-11-9-15(2)10-12-17/h6-12,22H,5,14,27H2,1-4H3. The average Bonchev–Trinajstić information content (AvgIpc) is 2.78. The van der Waals surface area contributed by atoms with Gasteiger partial charge in [0.25, 0.3) is 0 Å². The second kappa shape index (κ2) is 9.92. The first kappa shape index (κ1) is 22.8. The first-order chi connectivity index (χ1) is 15.4. The molecule has 3 rings (SSSR count). The minimum atomic E-state index is -0.823. The van der Waals surface area contributed by atoms with Crippen molar-refractivity contribution in [3.63, 3.8) is 0 Å². The third-order valence-electron chi connectivity index (χ3n) is 5.15. The number of rotatable bonds is 7. The lowest BCUT2D eigenvalue weighted by molar-refractivity contribution is -0.139. The summed E-state index contributed by atoms with van der Waals surface area (Å²) in [5.74, 6) is -0.304. The molecule has 2 aromatic carbocycles. The molecule has 0 amide bonds. The number of nitrogens with zero attached hydrogens (tertiary/aromatic N) is 1.